The van der Waals surface area contributed by atoms with Gasteiger partial charge in [0.15, 0.2) is 5.15 Å². The van der Waals surface area contributed by atoms with E-state index in [9.17, 15) is 14.9 Å². The molecule has 0 saturated heterocycles. The van der Waals surface area contributed by atoms with Crippen LogP contribution in [0.15, 0.2) is 30.3 Å². The second kappa shape index (κ2) is 6.07. The van der Waals surface area contributed by atoms with Crippen LogP contribution in [0.3, 0.4) is 0 Å². The molecule has 0 radical (unpaired) electrons. The van der Waals surface area contributed by atoms with Crippen molar-refractivity contribution >= 4 is 40.5 Å². The molecule has 1 amide bonds. The van der Waals surface area contributed by atoms with Crippen LogP contribution in [-0.4, -0.2) is 15.8 Å². The van der Waals surface area contributed by atoms with Crippen molar-refractivity contribution in [3.05, 3.63) is 61.9 Å². The van der Waals surface area contributed by atoms with Crippen LogP contribution in [0.5, 0.6) is 0 Å². The number of aryl methyl sites for hydroxylation is 1. The Hall–Kier alpha value is -2.18. The van der Waals surface area contributed by atoms with E-state index in [0.29, 0.717) is 11.3 Å². The van der Waals surface area contributed by atoms with Crippen LogP contribution >= 0.6 is 23.2 Å². The molecule has 2 rings (SSSR count). The fourth-order valence-electron chi connectivity index (χ4n) is 1.69. The molecule has 1 aromatic heterocycles. The van der Waals surface area contributed by atoms with E-state index in [4.69, 9.17) is 23.2 Å². The summed E-state index contributed by atoms with van der Waals surface area (Å²) in [7, 11) is 0. The monoisotopic (exact) mass is 325 g/mol. The van der Waals surface area contributed by atoms with E-state index in [-0.39, 0.29) is 21.6 Å². The number of aromatic nitrogens is 1. The average molecular weight is 326 g/mol. The second-order valence-electron chi connectivity index (χ2n) is 4.19. The van der Waals surface area contributed by atoms with Gasteiger partial charge in [0, 0.05) is 17.7 Å². The van der Waals surface area contributed by atoms with Crippen molar-refractivity contribution in [2.24, 2.45) is 0 Å². The molecule has 0 fully saturated rings. The number of hydrogen-bond acceptors (Lipinski definition) is 4. The zero-order valence-corrected chi connectivity index (χ0v) is 12.3. The first kappa shape index (κ1) is 15.2. The van der Waals surface area contributed by atoms with Gasteiger partial charge in [0.05, 0.1) is 10.6 Å². The summed E-state index contributed by atoms with van der Waals surface area (Å²) < 4.78 is 0. The van der Waals surface area contributed by atoms with Crippen molar-refractivity contribution in [2.75, 3.05) is 5.32 Å². The fourth-order valence-corrected chi connectivity index (χ4v) is 2.27. The van der Waals surface area contributed by atoms with Gasteiger partial charge < -0.3 is 5.32 Å². The Morgan fingerprint density at radius 3 is 2.67 bits per heavy atom. The minimum absolute atomic E-state index is 0.0544. The SMILES string of the molecule is Cc1cc(Cl)nc(Cl)c1NC(=O)c1cccc([N+](=O)[O-])c1. The van der Waals surface area contributed by atoms with Gasteiger partial charge in [0.2, 0.25) is 0 Å². The maximum absolute atomic E-state index is 12.1. The van der Waals surface area contributed by atoms with Crippen molar-refractivity contribution in [1.82, 2.24) is 4.98 Å². The Labute approximate surface area is 129 Å². The molecule has 0 saturated carbocycles. The lowest BCUT2D eigenvalue weighted by Crippen LogP contribution is -2.13. The molecule has 1 N–H and O–H groups in total. The number of carbonyl (C=O) groups excluding carboxylic acids is 1. The number of amides is 1. The molecule has 1 aromatic carbocycles. The van der Waals surface area contributed by atoms with E-state index in [1.807, 2.05) is 0 Å². The van der Waals surface area contributed by atoms with Crippen molar-refractivity contribution < 1.29 is 9.72 Å². The molecule has 0 aliphatic rings. The number of rotatable bonds is 3. The summed E-state index contributed by atoms with van der Waals surface area (Å²) in [4.78, 5) is 26.1. The van der Waals surface area contributed by atoms with Crippen LogP contribution in [0.4, 0.5) is 11.4 Å². The van der Waals surface area contributed by atoms with E-state index < -0.39 is 10.8 Å². The predicted molar refractivity (Wildman–Crippen MR) is 80.0 cm³/mol. The third-order valence-electron chi connectivity index (χ3n) is 2.70. The maximum Gasteiger partial charge on any atom is 0.270 e. The molecule has 2 aromatic rings. The lowest BCUT2D eigenvalue weighted by atomic mass is 10.1. The number of nitro benzene ring substituents is 1. The number of hydrogen-bond donors (Lipinski definition) is 1. The van der Waals surface area contributed by atoms with Gasteiger partial charge in [0.25, 0.3) is 11.6 Å². The fraction of sp³-hybridized carbons (Fsp3) is 0.0769. The lowest BCUT2D eigenvalue weighted by molar-refractivity contribution is -0.384. The number of carbonyl (C=O) groups is 1. The summed E-state index contributed by atoms with van der Waals surface area (Å²) in [6.45, 7) is 1.71. The van der Waals surface area contributed by atoms with E-state index >= 15 is 0 Å². The van der Waals surface area contributed by atoms with Gasteiger partial charge in [-0.1, -0.05) is 29.3 Å². The Bertz CT molecular complexity index is 711. The van der Waals surface area contributed by atoms with Crippen LogP contribution in [0, 0.1) is 17.0 Å². The highest BCUT2D eigenvalue weighted by Gasteiger charge is 2.15. The normalized spacial score (nSPS) is 10.2. The largest absolute Gasteiger partial charge is 0.319 e. The summed E-state index contributed by atoms with van der Waals surface area (Å²) >= 11 is 11.7. The van der Waals surface area contributed by atoms with Crippen molar-refractivity contribution in [3.8, 4) is 0 Å². The van der Waals surface area contributed by atoms with Crippen LogP contribution in [-0.2, 0) is 0 Å². The summed E-state index contributed by atoms with van der Waals surface area (Å²) in [5, 5.41) is 13.5. The Morgan fingerprint density at radius 2 is 2.05 bits per heavy atom. The minimum atomic E-state index is -0.571. The average Bonchev–Trinajstić information content (AvgIpc) is 2.42. The van der Waals surface area contributed by atoms with E-state index in [1.165, 1.54) is 24.3 Å². The highest BCUT2D eigenvalue weighted by molar-refractivity contribution is 6.35. The molecule has 108 valence electrons. The van der Waals surface area contributed by atoms with Gasteiger partial charge in [0.1, 0.15) is 5.15 Å². The van der Waals surface area contributed by atoms with Gasteiger partial charge in [-0.2, -0.15) is 0 Å². The van der Waals surface area contributed by atoms with Gasteiger partial charge >= 0.3 is 0 Å². The summed E-state index contributed by atoms with van der Waals surface area (Å²) in [5.41, 5.74) is 0.936. The van der Waals surface area contributed by atoms with Gasteiger partial charge in [-0.3, -0.25) is 14.9 Å². The molecule has 0 spiro atoms. The quantitative estimate of drug-likeness (QED) is 0.527. The molecule has 0 unspecified atom stereocenters. The molecule has 0 atom stereocenters. The summed E-state index contributed by atoms with van der Waals surface area (Å²) in [5.74, 6) is -0.521. The molecule has 0 aliphatic heterocycles. The molecule has 6 nitrogen and oxygen atoms in total. The molecular formula is C13H9Cl2N3O3. The van der Waals surface area contributed by atoms with Crippen molar-refractivity contribution in [1.29, 1.82) is 0 Å². The standard InChI is InChI=1S/C13H9Cl2N3O3/c1-7-5-10(14)16-12(15)11(7)17-13(19)8-3-2-4-9(6-8)18(20)21/h2-6H,1H3,(H,17,19). The highest BCUT2D eigenvalue weighted by Crippen LogP contribution is 2.27. The van der Waals surface area contributed by atoms with Crippen molar-refractivity contribution in [2.45, 2.75) is 6.92 Å². The van der Waals surface area contributed by atoms with Crippen LogP contribution in [0.1, 0.15) is 15.9 Å². The Balaban J connectivity index is 2.30. The van der Waals surface area contributed by atoms with Gasteiger partial charge in [-0.05, 0) is 24.6 Å². The van der Waals surface area contributed by atoms with Gasteiger partial charge in [-0.15, -0.1) is 0 Å². The first-order valence-electron chi connectivity index (χ1n) is 5.77. The number of benzene rings is 1. The topological polar surface area (TPSA) is 85.1 Å². The third-order valence-corrected chi connectivity index (χ3v) is 3.17. The maximum atomic E-state index is 12.1. The number of nitrogens with one attached hydrogen (secondary N) is 1. The molecular weight excluding hydrogens is 317 g/mol. The zero-order valence-electron chi connectivity index (χ0n) is 10.8. The number of anilines is 1. The third kappa shape index (κ3) is 3.48. The highest BCUT2D eigenvalue weighted by atomic mass is 35.5. The summed E-state index contributed by atoms with van der Waals surface area (Å²) in [6.07, 6.45) is 0. The Kier molecular flexibility index (Phi) is 4.40. The van der Waals surface area contributed by atoms with Crippen LogP contribution < -0.4 is 5.32 Å². The van der Waals surface area contributed by atoms with Crippen LogP contribution in [0.2, 0.25) is 10.3 Å². The molecule has 0 aliphatic carbocycles. The number of nitrogens with zero attached hydrogens (tertiary/aromatic N) is 2. The molecule has 21 heavy (non-hydrogen) atoms. The molecule has 8 heteroatoms. The summed E-state index contributed by atoms with van der Waals surface area (Å²) in [6, 6.07) is 6.94. The van der Waals surface area contributed by atoms with E-state index in [0.717, 1.165) is 0 Å². The van der Waals surface area contributed by atoms with E-state index in [1.54, 1.807) is 13.0 Å². The number of halogens is 2. The minimum Gasteiger partial charge on any atom is -0.319 e. The predicted octanol–water partition coefficient (Wildman–Crippen LogP) is 3.86. The number of nitro groups is 1. The van der Waals surface area contributed by atoms with E-state index in [2.05, 4.69) is 10.3 Å². The lowest BCUT2D eigenvalue weighted by Gasteiger charge is -2.10. The first-order valence-corrected chi connectivity index (χ1v) is 6.52. The molecule has 1 heterocycles. The zero-order chi connectivity index (χ0) is 15.6. The van der Waals surface area contributed by atoms with Crippen LogP contribution in [0.25, 0.3) is 0 Å². The molecule has 0 bridgehead atoms. The number of pyridine rings is 1. The van der Waals surface area contributed by atoms with Crippen molar-refractivity contribution in [3.63, 3.8) is 0 Å². The number of non-ortho nitro benzene ring substituents is 1. The smallest absolute Gasteiger partial charge is 0.270 e. The van der Waals surface area contributed by atoms with Gasteiger partial charge in [-0.25, -0.2) is 4.98 Å². The first-order chi connectivity index (χ1) is 9.88. The second-order valence-corrected chi connectivity index (χ2v) is 4.93. The Morgan fingerprint density at radius 1 is 1.33 bits per heavy atom.